The smallest absolute Gasteiger partial charge is 0.191 e. The maximum atomic E-state index is 4.62. The molecule has 0 bridgehead atoms. The molecule has 136 valence electrons. The predicted octanol–water partition coefficient (Wildman–Crippen LogP) is 2.17. The second-order valence-corrected chi connectivity index (χ2v) is 6.23. The molecule has 0 unspecified atom stereocenters. The number of aromatic nitrogens is 2. The van der Waals surface area contributed by atoms with Crippen LogP contribution in [0.5, 0.6) is 0 Å². The summed E-state index contributed by atoms with van der Waals surface area (Å²) in [5, 5.41) is 10.9. The number of guanidine groups is 1. The maximum absolute atomic E-state index is 4.62. The van der Waals surface area contributed by atoms with Gasteiger partial charge < -0.3 is 15.5 Å². The highest BCUT2D eigenvalue weighted by Crippen LogP contribution is 2.13. The van der Waals surface area contributed by atoms with Crippen molar-refractivity contribution in [3.63, 3.8) is 0 Å². The van der Waals surface area contributed by atoms with Gasteiger partial charge in [-0.25, -0.2) is 4.99 Å². The van der Waals surface area contributed by atoms with Crippen LogP contribution in [0.15, 0.2) is 41.5 Å². The fourth-order valence-corrected chi connectivity index (χ4v) is 2.52. The Morgan fingerprint density at radius 3 is 2.52 bits per heavy atom. The lowest BCUT2D eigenvalue weighted by Crippen LogP contribution is -2.37. The van der Waals surface area contributed by atoms with Crippen LogP contribution in [0.3, 0.4) is 0 Å². The van der Waals surface area contributed by atoms with E-state index in [2.05, 4.69) is 70.9 Å². The predicted molar refractivity (Wildman–Crippen MR) is 105 cm³/mol. The SMILES string of the molecule is CCNC(=NCc1ccnn1C)NCCCc1ccc(N(C)C)cc1. The third kappa shape index (κ3) is 6.14. The number of nitrogens with one attached hydrogen (secondary N) is 2. The number of aliphatic imine (C=N–C) groups is 1. The quantitative estimate of drug-likeness (QED) is 0.439. The third-order valence-corrected chi connectivity index (χ3v) is 4.05. The molecule has 0 aliphatic heterocycles. The Labute approximate surface area is 151 Å². The molecule has 2 N–H and O–H groups in total. The Morgan fingerprint density at radius 2 is 1.92 bits per heavy atom. The second kappa shape index (κ2) is 9.71. The fraction of sp³-hybridized carbons (Fsp3) is 0.474. The summed E-state index contributed by atoms with van der Waals surface area (Å²) in [5.41, 5.74) is 3.70. The topological polar surface area (TPSA) is 57.5 Å². The zero-order chi connectivity index (χ0) is 18.1. The Bertz CT molecular complexity index is 657. The molecule has 1 heterocycles. The lowest BCUT2D eigenvalue weighted by Gasteiger charge is -2.13. The Kier molecular flexibility index (Phi) is 7.32. The molecule has 0 aliphatic rings. The van der Waals surface area contributed by atoms with Gasteiger partial charge in [-0.1, -0.05) is 12.1 Å². The first-order valence-electron chi connectivity index (χ1n) is 8.85. The minimum absolute atomic E-state index is 0.623. The molecular formula is C19H30N6. The molecule has 0 aliphatic carbocycles. The number of benzene rings is 1. The van der Waals surface area contributed by atoms with E-state index in [0.29, 0.717) is 6.54 Å². The number of hydrogen-bond donors (Lipinski definition) is 2. The molecule has 25 heavy (non-hydrogen) atoms. The van der Waals surface area contributed by atoms with Crippen molar-refractivity contribution < 1.29 is 0 Å². The first-order chi connectivity index (χ1) is 12.1. The van der Waals surface area contributed by atoms with E-state index >= 15 is 0 Å². The normalized spacial score (nSPS) is 11.4. The van der Waals surface area contributed by atoms with Crippen molar-refractivity contribution in [3.8, 4) is 0 Å². The minimum atomic E-state index is 0.623. The molecule has 2 aromatic rings. The minimum Gasteiger partial charge on any atom is -0.378 e. The van der Waals surface area contributed by atoms with Gasteiger partial charge in [0, 0.05) is 46.1 Å². The van der Waals surface area contributed by atoms with E-state index in [1.807, 2.05) is 17.8 Å². The summed E-state index contributed by atoms with van der Waals surface area (Å²) in [6, 6.07) is 10.7. The van der Waals surface area contributed by atoms with Crippen molar-refractivity contribution in [2.24, 2.45) is 12.0 Å². The van der Waals surface area contributed by atoms with Crippen LogP contribution >= 0.6 is 0 Å². The highest BCUT2D eigenvalue weighted by molar-refractivity contribution is 5.79. The molecule has 0 radical (unpaired) electrons. The summed E-state index contributed by atoms with van der Waals surface area (Å²) in [7, 11) is 6.06. The largest absolute Gasteiger partial charge is 0.378 e. The number of nitrogens with zero attached hydrogens (tertiary/aromatic N) is 4. The second-order valence-electron chi connectivity index (χ2n) is 6.23. The Morgan fingerprint density at radius 1 is 1.16 bits per heavy atom. The molecule has 1 aromatic carbocycles. The van der Waals surface area contributed by atoms with Crippen LogP contribution in [0.1, 0.15) is 24.6 Å². The highest BCUT2D eigenvalue weighted by Gasteiger charge is 2.01. The van der Waals surface area contributed by atoms with E-state index in [0.717, 1.165) is 37.6 Å². The van der Waals surface area contributed by atoms with Crippen LogP contribution in [0, 0.1) is 0 Å². The molecule has 1 aromatic heterocycles. The molecule has 2 rings (SSSR count). The lowest BCUT2D eigenvalue weighted by molar-refractivity contribution is 0.703. The van der Waals surface area contributed by atoms with Crippen LogP contribution < -0.4 is 15.5 Å². The van der Waals surface area contributed by atoms with Crippen LogP contribution in [0.2, 0.25) is 0 Å². The van der Waals surface area contributed by atoms with Gasteiger partial charge in [-0.05, 0) is 43.5 Å². The van der Waals surface area contributed by atoms with Crippen LogP contribution in [-0.2, 0) is 20.0 Å². The molecule has 0 fully saturated rings. The van der Waals surface area contributed by atoms with Gasteiger partial charge in [0.05, 0.1) is 12.2 Å². The highest BCUT2D eigenvalue weighted by atomic mass is 15.3. The van der Waals surface area contributed by atoms with Crippen LogP contribution in [-0.4, -0.2) is 42.9 Å². The first-order valence-corrected chi connectivity index (χ1v) is 8.85. The lowest BCUT2D eigenvalue weighted by atomic mass is 10.1. The molecule has 0 saturated heterocycles. The molecule has 0 spiro atoms. The average molecular weight is 342 g/mol. The summed E-state index contributed by atoms with van der Waals surface area (Å²) in [6.45, 7) is 4.45. The zero-order valence-corrected chi connectivity index (χ0v) is 15.8. The summed E-state index contributed by atoms with van der Waals surface area (Å²) in [5.74, 6) is 0.853. The van der Waals surface area contributed by atoms with E-state index in [1.54, 1.807) is 6.20 Å². The number of anilines is 1. The van der Waals surface area contributed by atoms with E-state index < -0.39 is 0 Å². The summed E-state index contributed by atoms with van der Waals surface area (Å²) < 4.78 is 1.85. The van der Waals surface area contributed by atoms with Gasteiger partial charge in [0.15, 0.2) is 5.96 Å². The third-order valence-electron chi connectivity index (χ3n) is 4.05. The summed E-state index contributed by atoms with van der Waals surface area (Å²) in [6.07, 6.45) is 3.92. The van der Waals surface area contributed by atoms with E-state index in [9.17, 15) is 0 Å². The van der Waals surface area contributed by atoms with Crippen molar-refractivity contribution >= 4 is 11.6 Å². The fourth-order valence-electron chi connectivity index (χ4n) is 2.52. The molecule has 0 atom stereocenters. The van der Waals surface area contributed by atoms with Crippen LogP contribution in [0.4, 0.5) is 5.69 Å². The number of aryl methyl sites for hydroxylation is 2. The summed E-state index contributed by atoms with van der Waals surface area (Å²) >= 11 is 0. The van der Waals surface area contributed by atoms with Crippen molar-refractivity contribution in [1.82, 2.24) is 20.4 Å². The van der Waals surface area contributed by atoms with E-state index in [4.69, 9.17) is 0 Å². The van der Waals surface area contributed by atoms with Gasteiger partial charge in [-0.3, -0.25) is 4.68 Å². The van der Waals surface area contributed by atoms with Crippen molar-refractivity contribution in [2.45, 2.75) is 26.3 Å². The first kappa shape index (κ1) is 18.8. The maximum Gasteiger partial charge on any atom is 0.191 e. The van der Waals surface area contributed by atoms with Gasteiger partial charge >= 0.3 is 0 Å². The average Bonchev–Trinajstić information content (AvgIpc) is 3.02. The van der Waals surface area contributed by atoms with Crippen molar-refractivity contribution in [1.29, 1.82) is 0 Å². The van der Waals surface area contributed by atoms with Crippen LogP contribution in [0.25, 0.3) is 0 Å². The molecule has 0 amide bonds. The molecule has 6 heteroatoms. The van der Waals surface area contributed by atoms with Gasteiger partial charge in [-0.2, -0.15) is 5.10 Å². The number of rotatable bonds is 8. The van der Waals surface area contributed by atoms with Gasteiger partial charge in [0.25, 0.3) is 0 Å². The van der Waals surface area contributed by atoms with Crippen molar-refractivity contribution in [3.05, 3.63) is 47.8 Å². The Hall–Kier alpha value is -2.50. The van der Waals surface area contributed by atoms with E-state index in [1.165, 1.54) is 11.3 Å². The Balaban J connectivity index is 1.78. The standard InChI is InChI=1S/C19H30N6/c1-5-20-19(22-15-18-12-14-23-25(18)4)21-13-6-7-16-8-10-17(11-9-16)24(2)3/h8-12,14H,5-7,13,15H2,1-4H3,(H2,20,21,22). The molecule has 0 saturated carbocycles. The van der Waals surface area contributed by atoms with Gasteiger partial charge in [0.1, 0.15) is 0 Å². The zero-order valence-electron chi connectivity index (χ0n) is 15.8. The number of hydrogen-bond acceptors (Lipinski definition) is 3. The van der Waals surface area contributed by atoms with E-state index in [-0.39, 0.29) is 0 Å². The summed E-state index contributed by atoms with van der Waals surface area (Å²) in [4.78, 5) is 6.74. The monoisotopic (exact) mass is 342 g/mol. The molecule has 6 nitrogen and oxygen atoms in total. The van der Waals surface area contributed by atoms with Gasteiger partial charge in [-0.15, -0.1) is 0 Å². The van der Waals surface area contributed by atoms with Crippen molar-refractivity contribution in [2.75, 3.05) is 32.1 Å². The van der Waals surface area contributed by atoms with Gasteiger partial charge in [0.2, 0.25) is 0 Å². The molecular weight excluding hydrogens is 312 g/mol.